The minimum atomic E-state index is -0.125. The van der Waals surface area contributed by atoms with Gasteiger partial charge in [0, 0.05) is 37.0 Å². The number of para-hydroxylation sites is 1. The number of carbonyl (C=O) groups excluding carboxylic acids is 1. The molecular weight excluding hydrogens is 611 g/mol. The largest absolute Gasteiger partial charge is 0.512 e. The molecule has 0 aliphatic heterocycles. The molecule has 0 amide bonds. The number of hydrogen-bond acceptors (Lipinski definition) is 3. The van der Waals surface area contributed by atoms with Gasteiger partial charge >= 0.3 is 0 Å². The molecule has 1 N–H and O–H groups in total. The smallest absolute Gasteiger partial charge is 0.155 e. The Hall–Kier alpha value is -3.07. The van der Waals surface area contributed by atoms with Gasteiger partial charge in [-0.1, -0.05) is 70.2 Å². The SMILES string of the molecule is CC(=O)/C=C(/C)O.Cc1[c-]c(-c2nc3ccccc3c3c2C(C)(C)c2ccccc2-3)cc(C)c1.[Ir]. The topological polar surface area (TPSA) is 50.2 Å². The maximum Gasteiger partial charge on any atom is 0.155 e. The summed E-state index contributed by atoms with van der Waals surface area (Å²) in [5.41, 5.74) is 10.9. The Morgan fingerprint density at radius 1 is 1.00 bits per heavy atom. The van der Waals surface area contributed by atoms with E-state index in [1.807, 2.05) is 0 Å². The molecule has 3 nitrogen and oxygen atoms in total. The number of benzene rings is 3. The molecule has 0 saturated heterocycles. The van der Waals surface area contributed by atoms with Gasteiger partial charge in [-0.2, -0.15) is 0 Å². The summed E-state index contributed by atoms with van der Waals surface area (Å²) in [6.07, 6.45) is 1.17. The van der Waals surface area contributed by atoms with Crippen molar-refractivity contribution < 1.29 is 30.0 Å². The molecule has 181 valence electrons. The third kappa shape index (κ3) is 5.15. The Morgan fingerprint density at radius 3 is 2.29 bits per heavy atom. The van der Waals surface area contributed by atoms with Gasteiger partial charge in [-0.3, -0.25) is 9.78 Å². The Balaban J connectivity index is 0.000000378. The quantitative estimate of drug-likeness (QED) is 0.139. The third-order valence-electron chi connectivity index (χ3n) is 6.20. The fourth-order valence-electron chi connectivity index (χ4n) is 4.99. The van der Waals surface area contributed by atoms with Gasteiger partial charge in [-0.05, 0) is 47.9 Å². The molecule has 4 aromatic rings. The number of aromatic nitrogens is 1. The number of pyridine rings is 1. The van der Waals surface area contributed by atoms with Gasteiger partial charge in [-0.25, -0.2) is 0 Å². The van der Waals surface area contributed by atoms with Crippen molar-refractivity contribution in [2.24, 2.45) is 0 Å². The van der Waals surface area contributed by atoms with E-state index in [-0.39, 0.29) is 37.1 Å². The normalized spacial score (nSPS) is 13.3. The first kappa shape index (κ1) is 26.5. The van der Waals surface area contributed by atoms with Gasteiger partial charge in [0.05, 0.1) is 11.3 Å². The standard InChI is InChI=1S/C26H22N.C5H8O2.Ir/c1-16-13-17(2)15-18(14-16)25-24-23(20-10-6-8-12-22(20)27-25)19-9-5-7-11-21(19)26(24,3)4;1-4(6)3-5(2)7;/h5-14H,1-4H3;3,6H,1-2H3;/q-1;;/b;4-3-;. The first-order chi connectivity index (χ1) is 16.1. The van der Waals surface area contributed by atoms with Crippen LogP contribution in [0.2, 0.25) is 0 Å². The first-order valence-electron chi connectivity index (χ1n) is 11.5. The van der Waals surface area contributed by atoms with Crippen LogP contribution < -0.4 is 0 Å². The van der Waals surface area contributed by atoms with E-state index in [9.17, 15) is 4.79 Å². The average molecular weight is 641 g/mol. The molecule has 0 saturated carbocycles. The average Bonchev–Trinajstić information content (AvgIpc) is 3.00. The number of rotatable bonds is 2. The summed E-state index contributed by atoms with van der Waals surface area (Å²) >= 11 is 0. The van der Waals surface area contributed by atoms with Crippen molar-refractivity contribution in [3.05, 3.63) is 101 Å². The summed E-state index contributed by atoms with van der Waals surface area (Å²) in [7, 11) is 0. The molecule has 0 fully saturated rings. The monoisotopic (exact) mass is 641 g/mol. The van der Waals surface area contributed by atoms with Crippen LogP contribution in [0.5, 0.6) is 0 Å². The Bertz CT molecular complexity index is 1430. The molecule has 0 unspecified atom stereocenters. The second-order valence-corrected chi connectivity index (χ2v) is 9.55. The molecule has 3 aromatic carbocycles. The van der Waals surface area contributed by atoms with Crippen molar-refractivity contribution in [3.63, 3.8) is 0 Å². The number of ketones is 1. The number of nitrogens with zero attached hydrogens (tertiary/aromatic N) is 1. The zero-order valence-electron chi connectivity index (χ0n) is 21.0. The number of carbonyl (C=O) groups is 1. The number of aliphatic hydroxyl groups excluding tert-OH is 1. The molecule has 1 aliphatic rings. The summed E-state index contributed by atoms with van der Waals surface area (Å²) in [5.74, 6) is -0.0625. The van der Waals surface area contributed by atoms with E-state index in [4.69, 9.17) is 10.1 Å². The molecule has 5 rings (SSSR count). The van der Waals surface area contributed by atoms with Crippen LogP contribution in [0.4, 0.5) is 0 Å². The second-order valence-electron chi connectivity index (χ2n) is 9.55. The maximum absolute atomic E-state index is 10.0. The molecule has 0 spiro atoms. The van der Waals surface area contributed by atoms with Gasteiger partial charge in [0.15, 0.2) is 5.78 Å². The Morgan fingerprint density at radius 2 is 1.66 bits per heavy atom. The molecule has 1 aliphatic carbocycles. The number of fused-ring (bicyclic) bond motifs is 5. The molecule has 1 heterocycles. The minimum absolute atomic E-state index is 0. The first-order valence-corrected chi connectivity index (χ1v) is 11.5. The zero-order valence-corrected chi connectivity index (χ0v) is 23.4. The number of aryl methyl sites for hydroxylation is 2. The summed E-state index contributed by atoms with van der Waals surface area (Å²) in [6, 6.07) is 25.3. The van der Waals surface area contributed by atoms with Crippen LogP contribution in [0.15, 0.2) is 72.5 Å². The van der Waals surface area contributed by atoms with Crippen LogP contribution in [0.1, 0.15) is 49.9 Å². The van der Waals surface area contributed by atoms with Crippen molar-refractivity contribution in [2.75, 3.05) is 0 Å². The number of hydrogen-bond donors (Lipinski definition) is 1. The zero-order chi connectivity index (χ0) is 24.6. The van der Waals surface area contributed by atoms with Crippen molar-refractivity contribution in [2.45, 2.75) is 47.0 Å². The van der Waals surface area contributed by atoms with E-state index in [0.717, 1.165) is 22.3 Å². The number of aliphatic hydroxyl groups is 1. The molecule has 0 bridgehead atoms. The summed E-state index contributed by atoms with van der Waals surface area (Å²) < 4.78 is 0. The van der Waals surface area contributed by atoms with Crippen molar-refractivity contribution >= 4 is 16.7 Å². The summed E-state index contributed by atoms with van der Waals surface area (Å²) in [5, 5.41) is 9.60. The van der Waals surface area contributed by atoms with E-state index >= 15 is 0 Å². The predicted octanol–water partition coefficient (Wildman–Crippen LogP) is 7.66. The van der Waals surface area contributed by atoms with E-state index in [0.29, 0.717) is 0 Å². The Kier molecular flexibility index (Phi) is 7.79. The van der Waals surface area contributed by atoms with E-state index in [2.05, 4.69) is 94.4 Å². The molecule has 1 aromatic heterocycles. The number of allylic oxidation sites excluding steroid dienone is 2. The van der Waals surface area contributed by atoms with Crippen molar-refractivity contribution in [1.82, 2.24) is 4.98 Å². The van der Waals surface area contributed by atoms with Crippen LogP contribution in [0, 0.1) is 19.9 Å². The van der Waals surface area contributed by atoms with Crippen LogP contribution in [-0.2, 0) is 30.3 Å². The summed E-state index contributed by atoms with van der Waals surface area (Å²) in [6.45, 7) is 11.7. The minimum Gasteiger partial charge on any atom is -0.512 e. The van der Waals surface area contributed by atoms with Gasteiger partial charge < -0.3 is 5.11 Å². The van der Waals surface area contributed by atoms with Crippen LogP contribution >= 0.6 is 0 Å². The molecular formula is C31H30IrNO2-. The van der Waals surface area contributed by atoms with Gasteiger partial charge in [0.1, 0.15) is 0 Å². The van der Waals surface area contributed by atoms with Gasteiger partial charge in [0.2, 0.25) is 0 Å². The van der Waals surface area contributed by atoms with Crippen LogP contribution in [0.3, 0.4) is 0 Å². The second kappa shape index (κ2) is 10.3. The molecule has 0 atom stereocenters. The van der Waals surface area contributed by atoms with Gasteiger partial charge in [0.25, 0.3) is 0 Å². The van der Waals surface area contributed by atoms with E-state index in [1.165, 1.54) is 53.1 Å². The summed E-state index contributed by atoms with van der Waals surface area (Å²) in [4.78, 5) is 15.2. The van der Waals surface area contributed by atoms with Crippen LogP contribution in [0.25, 0.3) is 33.3 Å². The molecule has 35 heavy (non-hydrogen) atoms. The van der Waals surface area contributed by atoms with Crippen LogP contribution in [-0.4, -0.2) is 15.9 Å². The van der Waals surface area contributed by atoms with Crippen molar-refractivity contribution in [3.8, 4) is 22.4 Å². The fourth-order valence-corrected chi connectivity index (χ4v) is 4.99. The fraction of sp³-hybridized carbons (Fsp3) is 0.226. The Labute approximate surface area is 221 Å². The third-order valence-corrected chi connectivity index (χ3v) is 6.20. The van der Waals surface area contributed by atoms with Gasteiger partial charge in [-0.15, -0.1) is 34.9 Å². The predicted molar refractivity (Wildman–Crippen MR) is 140 cm³/mol. The van der Waals surface area contributed by atoms with E-state index < -0.39 is 0 Å². The maximum atomic E-state index is 10.0. The molecule has 1 radical (unpaired) electrons. The molecule has 4 heteroatoms. The van der Waals surface area contributed by atoms with Crippen molar-refractivity contribution in [1.29, 1.82) is 0 Å². The van der Waals surface area contributed by atoms with E-state index in [1.54, 1.807) is 0 Å².